The number of rotatable bonds is 8. The van der Waals surface area contributed by atoms with Crippen LogP contribution in [0.5, 0.6) is 5.75 Å². The second kappa shape index (κ2) is 10.4. The lowest BCUT2D eigenvalue weighted by Gasteiger charge is -2.38. The molecular formula is C26H30ClFN6O2. The molecule has 2 aliphatic heterocycles. The lowest BCUT2D eigenvalue weighted by molar-refractivity contribution is -0.119. The highest BCUT2D eigenvalue weighted by atomic mass is 35.5. The quantitative estimate of drug-likeness (QED) is 0.380. The van der Waals surface area contributed by atoms with Crippen LogP contribution in [-0.2, 0) is 4.79 Å². The Labute approximate surface area is 214 Å². The number of hydrogen-bond acceptors (Lipinski definition) is 7. The van der Waals surface area contributed by atoms with E-state index in [1.54, 1.807) is 6.07 Å². The highest BCUT2D eigenvalue weighted by Gasteiger charge is 2.40. The van der Waals surface area contributed by atoms with E-state index in [1.807, 2.05) is 19.2 Å². The Balaban J connectivity index is 1.22. The molecule has 2 aliphatic rings. The molecule has 190 valence electrons. The highest BCUT2D eigenvalue weighted by Crippen LogP contribution is 2.37. The smallest absolute Gasteiger partial charge is 0.220 e. The normalized spacial score (nSPS) is 17.4. The van der Waals surface area contributed by atoms with E-state index in [1.165, 1.54) is 18.5 Å². The van der Waals surface area contributed by atoms with E-state index in [-0.39, 0.29) is 16.3 Å². The van der Waals surface area contributed by atoms with Crippen molar-refractivity contribution in [3.05, 3.63) is 47.5 Å². The van der Waals surface area contributed by atoms with E-state index >= 15 is 0 Å². The van der Waals surface area contributed by atoms with E-state index in [0.717, 1.165) is 62.0 Å². The van der Waals surface area contributed by atoms with Crippen LogP contribution in [0.4, 0.5) is 21.6 Å². The summed E-state index contributed by atoms with van der Waals surface area (Å²) in [5, 5.41) is 10.2. The van der Waals surface area contributed by atoms with E-state index in [2.05, 4.69) is 30.8 Å². The fraction of sp³-hybridized carbons (Fsp3) is 0.423. The van der Waals surface area contributed by atoms with E-state index in [0.29, 0.717) is 30.3 Å². The van der Waals surface area contributed by atoms with E-state index in [4.69, 9.17) is 16.3 Å². The maximum atomic E-state index is 13.5. The lowest BCUT2D eigenvalue weighted by atomic mass is 9.77. The van der Waals surface area contributed by atoms with Gasteiger partial charge >= 0.3 is 0 Å². The molecular weight excluding hydrogens is 483 g/mol. The van der Waals surface area contributed by atoms with Crippen molar-refractivity contribution in [2.75, 3.05) is 50.5 Å². The van der Waals surface area contributed by atoms with Gasteiger partial charge in [-0.05, 0) is 68.1 Å². The molecule has 0 aliphatic carbocycles. The van der Waals surface area contributed by atoms with Crippen molar-refractivity contribution < 1.29 is 13.9 Å². The first-order valence-corrected chi connectivity index (χ1v) is 12.6. The van der Waals surface area contributed by atoms with Gasteiger partial charge < -0.3 is 25.6 Å². The largest absolute Gasteiger partial charge is 0.491 e. The second-order valence-corrected chi connectivity index (χ2v) is 10.00. The van der Waals surface area contributed by atoms with Crippen LogP contribution in [0.15, 0.2) is 36.7 Å². The Hall–Kier alpha value is -3.17. The van der Waals surface area contributed by atoms with Gasteiger partial charge in [0.2, 0.25) is 5.91 Å². The summed E-state index contributed by atoms with van der Waals surface area (Å²) in [4.78, 5) is 22.9. The third-order valence-electron chi connectivity index (χ3n) is 7.18. The van der Waals surface area contributed by atoms with Crippen LogP contribution in [0, 0.1) is 11.2 Å². The van der Waals surface area contributed by atoms with Gasteiger partial charge in [0.15, 0.2) is 0 Å². The molecule has 0 unspecified atom stereocenters. The molecule has 2 aromatic carbocycles. The number of halogens is 2. The van der Waals surface area contributed by atoms with E-state index in [9.17, 15) is 9.18 Å². The number of hydrogen-bond donors (Lipinski definition) is 3. The SMILES string of the molecule is CNc1cc2ncnc(Nc3ccc(F)c(Cl)c3)c2cc1OCCCN1CCC2(CC1)CNC(=O)C2. The monoisotopic (exact) mass is 512 g/mol. The Morgan fingerprint density at radius 2 is 2.06 bits per heavy atom. The van der Waals surface area contributed by atoms with Crippen LogP contribution in [0.2, 0.25) is 5.02 Å². The molecule has 1 spiro atoms. The molecule has 1 amide bonds. The zero-order valence-corrected chi connectivity index (χ0v) is 21.0. The lowest BCUT2D eigenvalue weighted by Crippen LogP contribution is -2.41. The zero-order valence-electron chi connectivity index (χ0n) is 20.2. The molecule has 36 heavy (non-hydrogen) atoms. The molecule has 2 fully saturated rings. The van der Waals surface area contributed by atoms with Crippen molar-refractivity contribution in [3.8, 4) is 5.75 Å². The minimum Gasteiger partial charge on any atom is -0.491 e. The number of amides is 1. The molecule has 2 saturated heterocycles. The zero-order chi connectivity index (χ0) is 25.1. The number of fused-ring (bicyclic) bond motifs is 1. The fourth-order valence-electron chi connectivity index (χ4n) is 5.03. The van der Waals surface area contributed by atoms with Gasteiger partial charge in [-0.3, -0.25) is 4.79 Å². The van der Waals surface area contributed by atoms with Gasteiger partial charge in [-0.25, -0.2) is 14.4 Å². The molecule has 10 heteroatoms. The molecule has 1 aromatic heterocycles. The van der Waals surface area contributed by atoms with Crippen molar-refractivity contribution in [2.45, 2.75) is 25.7 Å². The van der Waals surface area contributed by atoms with Gasteiger partial charge in [-0.1, -0.05) is 11.6 Å². The maximum Gasteiger partial charge on any atom is 0.220 e. The summed E-state index contributed by atoms with van der Waals surface area (Å²) in [5.41, 5.74) is 2.39. The summed E-state index contributed by atoms with van der Waals surface area (Å²) < 4.78 is 19.7. The number of benzene rings is 2. The van der Waals surface area contributed by atoms with Crippen molar-refractivity contribution in [1.29, 1.82) is 0 Å². The molecule has 0 saturated carbocycles. The maximum absolute atomic E-state index is 13.5. The minimum absolute atomic E-state index is 0.0390. The number of nitrogens with one attached hydrogen (secondary N) is 3. The van der Waals surface area contributed by atoms with Crippen molar-refractivity contribution in [1.82, 2.24) is 20.2 Å². The predicted octanol–water partition coefficient (Wildman–Crippen LogP) is 4.58. The van der Waals surface area contributed by atoms with Crippen molar-refractivity contribution in [2.24, 2.45) is 5.41 Å². The summed E-state index contributed by atoms with van der Waals surface area (Å²) in [5.74, 6) is 1.02. The number of piperidine rings is 1. The van der Waals surface area contributed by atoms with Crippen LogP contribution in [0.1, 0.15) is 25.7 Å². The highest BCUT2D eigenvalue weighted by molar-refractivity contribution is 6.31. The summed E-state index contributed by atoms with van der Waals surface area (Å²) in [7, 11) is 1.85. The second-order valence-electron chi connectivity index (χ2n) is 9.59. The Kier molecular flexibility index (Phi) is 7.11. The Bertz CT molecular complexity index is 1260. The number of nitrogens with zero attached hydrogens (tertiary/aromatic N) is 3. The average Bonchev–Trinajstić information content (AvgIpc) is 3.24. The minimum atomic E-state index is -0.473. The molecule has 0 atom stereocenters. The van der Waals surface area contributed by atoms with E-state index < -0.39 is 5.82 Å². The number of carbonyl (C=O) groups is 1. The third-order valence-corrected chi connectivity index (χ3v) is 7.47. The number of carbonyl (C=O) groups excluding carboxylic acids is 1. The number of anilines is 3. The third kappa shape index (κ3) is 5.32. The fourth-order valence-corrected chi connectivity index (χ4v) is 5.22. The van der Waals surface area contributed by atoms with Gasteiger partial charge in [0.05, 0.1) is 22.8 Å². The Morgan fingerprint density at radius 3 is 2.78 bits per heavy atom. The number of ether oxygens (including phenoxy) is 1. The van der Waals surface area contributed by atoms with Crippen LogP contribution in [0.25, 0.3) is 10.9 Å². The summed E-state index contributed by atoms with van der Waals surface area (Å²) in [6, 6.07) is 8.29. The predicted molar refractivity (Wildman–Crippen MR) is 140 cm³/mol. The van der Waals surface area contributed by atoms with Gasteiger partial charge in [0.25, 0.3) is 0 Å². The van der Waals surface area contributed by atoms with Gasteiger partial charge in [0, 0.05) is 37.6 Å². The number of aromatic nitrogens is 2. The summed E-state index contributed by atoms with van der Waals surface area (Å²) in [6.07, 6.45) is 5.19. The first-order valence-electron chi connectivity index (χ1n) is 12.3. The van der Waals surface area contributed by atoms with Crippen molar-refractivity contribution in [3.63, 3.8) is 0 Å². The van der Waals surface area contributed by atoms with Crippen LogP contribution >= 0.6 is 11.6 Å². The molecule has 3 aromatic rings. The standard InChI is InChI=1S/C26H30ClFN6O2/c1-29-22-13-21-18(25(32-16-31-21)33-17-3-4-20(28)19(27)11-17)12-23(22)36-10-2-7-34-8-5-26(6-9-34)14-24(35)30-15-26/h3-4,11-13,16,29H,2,5-10,14-15H2,1H3,(H,30,35)(H,31,32,33). The molecule has 5 rings (SSSR count). The Morgan fingerprint density at radius 1 is 1.22 bits per heavy atom. The van der Waals surface area contributed by atoms with Crippen molar-refractivity contribution >= 4 is 45.6 Å². The van der Waals surface area contributed by atoms with Gasteiger partial charge in [0.1, 0.15) is 23.7 Å². The molecule has 0 radical (unpaired) electrons. The number of likely N-dealkylation sites (tertiary alicyclic amines) is 1. The van der Waals surface area contributed by atoms with Crippen LogP contribution < -0.4 is 20.7 Å². The average molecular weight is 513 g/mol. The van der Waals surface area contributed by atoms with Crippen LogP contribution in [0.3, 0.4) is 0 Å². The molecule has 0 bridgehead atoms. The molecule has 3 heterocycles. The topological polar surface area (TPSA) is 91.4 Å². The first kappa shape index (κ1) is 24.5. The molecule has 8 nitrogen and oxygen atoms in total. The summed E-state index contributed by atoms with van der Waals surface area (Å²) in [6.45, 7) is 4.40. The summed E-state index contributed by atoms with van der Waals surface area (Å²) >= 11 is 5.93. The van der Waals surface area contributed by atoms with Gasteiger partial charge in [-0.2, -0.15) is 0 Å². The molecule has 3 N–H and O–H groups in total. The first-order chi connectivity index (χ1) is 17.4. The van der Waals surface area contributed by atoms with Gasteiger partial charge in [-0.15, -0.1) is 0 Å². The van der Waals surface area contributed by atoms with Crippen LogP contribution in [-0.4, -0.2) is 60.6 Å².